The molecule has 6 heteroatoms. The molecule has 5 nitrogen and oxygen atoms in total. The molecule has 0 radical (unpaired) electrons. The summed E-state index contributed by atoms with van der Waals surface area (Å²) in [5.41, 5.74) is 3.52. The summed E-state index contributed by atoms with van der Waals surface area (Å²) in [6.07, 6.45) is 1.57. The van der Waals surface area contributed by atoms with Crippen LogP contribution in [0.2, 0.25) is 5.02 Å². The molecule has 1 saturated heterocycles. The van der Waals surface area contributed by atoms with Gasteiger partial charge in [0.1, 0.15) is 0 Å². The number of pyridine rings is 1. The molecule has 154 valence electrons. The van der Waals surface area contributed by atoms with Gasteiger partial charge in [-0.3, -0.25) is 14.8 Å². The van der Waals surface area contributed by atoms with E-state index in [1.165, 1.54) is 17.2 Å². The fourth-order valence-electron chi connectivity index (χ4n) is 4.03. The summed E-state index contributed by atoms with van der Waals surface area (Å²) >= 11 is 6.29. The van der Waals surface area contributed by atoms with E-state index in [9.17, 15) is 9.90 Å². The van der Waals surface area contributed by atoms with Gasteiger partial charge in [-0.1, -0.05) is 54.1 Å². The zero-order valence-corrected chi connectivity index (χ0v) is 17.4. The Morgan fingerprint density at radius 3 is 2.40 bits per heavy atom. The summed E-state index contributed by atoms with van der Waals surface area (Å²) in [4.78, 5) is 20.3. The monoisotopic (exact) mass is 421 g/mol. The highest BCUT2D eigenvalue weighted by atomic mass is 35.5. The zero-order valence-electron chi connectivity index (χ0n) is 16.6. The lowest BCUT2D eigenvalue weighted by atomic mass is 9.96. The first-order valence-corrected chi connectivity index (χ1v) is 10.4. The molecule has 4 rings (SSSR count). The van der Waals surface area contributed by atoms with Crippen LogP contribution in [0.3, 0.4) is 0 Å². The molecular formula is C24H24ClN3O2. The van der Waals surface area contributed by atoms with Crippen LogP contribution in [-0.4, -0.2) is 52.0 Å². The molecule has 1 N–H and O–H groups in total. The van der Waals surface area contributed by atoms with Crippen molar-refractivity contribution in [2.75, 3.05) is 26.2 Å². The Morgan fingerprint density at radius 1 is 0.967 bits per heavy atom. The first kappa shape index (κ1) is 20.5. The van der Waals surface area contributed by atoms with Crippen LogP contribution < -0.4 is 0 Å². The summed E-state index contributed by atoms with van der Waals surface area (Å²) in [7, 11) is 0. The van der Waals surface area contributed by atoms with Crippen molar-refractivity contribution in [2.45, 2.75) is 12.6 Å². The number of carboxylic acids is 1. The van der Waals surface area contributed by atoms with Gasteiger partial charge in [0.15, 0.2) is 0 Å². The molecule has 0 amide bonds. The summed E-state index contributed by atoms with van der Waals surface area (Å²) in [6, 6.07) is 22.0. The van der Waals surface area contributed by atoms with Crippen molar-refractivity contribution in [3.63, 3.8) is 0 Å². The minimum Gasteiger partial charge on any atom is -0.478 e. The third-order valence-electron chi connectivity index (χ3n) is 5.50. The summed E-state index contributed by atoms with van der Waals surface area (Å²) in [5, 5.41) is 9.94. The molecule has 0 saturated carbocycles. The van der Waals surface area contributed by atoms with Crippen molar-refractivity contribution in [1.82, 2.24) is 14.8 Å². The Labute approximate surface area is 181 Å². The number of rotatable bonds is 6. The first-order chi connectivity index (χ1) is 14.6. The molecule has 3 aromatic rings. The topological polar surface area (TPSA) is 56.7 Å². The molecule has 0 aliphatic carbocycles. The lowest BCUT2D eigenvalue weighted by Gasteiger charge is -2.39. The minimum absolute atomic E-state index is 0.153. The molecule has 30 heavy (non-hydrogen) atoms. The second kappa shape index (κ2) is 9.39. The molecule has 1 aromatic heterocycles. The maximum atomic E-state index is 11.2. The van der Waals surface area contributed by atoms with E-state index >= 15 is 0 Å². The van der Waals surface area contributed by atoms with E-state index < -0.39 is 5.97 Å². The number of aromatic carboxylic acids is 1. The van der Waals surface area contributed by atoms with E-state index in [2.05, 4.69) is 45.1 Å². The number of nitrogens with zero attached hydrogens (tertiary/aromatic N) is 3. The maximum Gasteiger partial charge on any atom is 0.335 e. The van der Waals surface area contributed by atoms with E-state index in [1.807, 2.05) is 24.3 Å². The van der Waals surface area contributed by atoms with Gasteiger partial charge in [0.25, 0.3) is 0 Å². The smallest absolute Gasteiger partial charge is 0.335 e. The lowest BCUT2D eigenvalue weighted by Crippen LogP contribution is -2.47. The molecule has 0 bridgehead atoms. The fraction of sp³-hybridized carbons (Fsp3) is 0.250. The van der Waals surface area contributed by atoms with Gasteiger partial charge in [-0.05, 0) is 35.4 Å². The average molecular weight is 422 g/mol. The molecule has 1 aliphatic heterocycles. The number of benzene rings is 2. The Morgan fingerprint density at radius 2 is 1.70 bits per heavy atom. The summed E-state index contributed by atoms with van der Waals surface area (Å²) in [5.74, 6) is -0.921. The van der Waals surface area contributed by atoms with Gasteiger partial charge in [-0.15, -0.1) is 0 Å². The third-order valence-corrected chi connectivity index (χ3v) is 5.74. The van der Waals surface area contributed by atoms with E-state index in [1.54, 1.807) is 12.3 Å². The zero-order chi connectivity index (χ0) is 20.9. The van der Waals surface area contributed by atoms with E-state index in [0.717, 1.165) is 36.9 Å². The van der Waals surface area contributed by atoms with Crippen molar-refractivity contribution >= 4 is 17.6 Å². The molecule has 2 heterocycles. The largest absolute Gasteiger partial charge is 0.478 e. The van der Waals surface area contributed by atoms with E-state index in [-0.39, 0.29) is 11.6 Å². The average Bonchev–Trinajstić information content (AvgIpc) is 2.76. The molecule has 1 aliphatic rings. The van der Waals surface area contributed by atoms with Crippen molar-refractivity contribution in [3.8, 4) is 0 Å². The number of halogens is 1. The number of carbonyl (C=O) groups is 1. The van der Waals surface area contributed by atoms with Crippen LogP contribution in [0.1, 0.15) is 33.2 Å². The molecule has 1 unspecified atom stereocenters. The molecule has 2 aromatic carbocycles. The third kappa shape index (κ3) is 4.87. The molecule has 0 spiro atoms. The number of aromatic nitrogens is 1. The van der Waals surface area contributed by atoms with Crippen LogP contribution in [0.5, 0.6) is 0 Å². The summed E-state index contributed by atoms with van der Waals surface area (Å²) in [6.45, 7) is 4.25. The van der Waals surface area contributed by atoms with Crippen LogP contribution in [0, 0.1) is 0 Å². The number of hydrogen-bond acceptors (Lipinski definition) is 4. The highest BCUT2D eigenvalue weighted by Gasteiger charge is 2.26. The highest BCUT2D eigenvalue weighted by molar-refractivity contribution is 6.30. The second-order valence-electron chi connectivity index (χ2n) is 7.52. The van der Waals surface area contributed by atoms with Crippen molar-refractivity contribution in [2.24, 2.45) is 0 Å². The quantitative estimate of drug-likeness (QED) is 0.641. The number of piperazine rings is 1. The van der Waals surface area contributed by atoms with Crippen molar-refractivity contribution < 1.29 is 9.90 Å². The normalized spacial score (nSPS) is 16.3. The van der Waals surface area contributed by atoms with E-state index in [0.29, 0.717) is 6.54 Å². The van der Waals surface area contributed by atoms with Gasteiger partial charge in [0.2, 0.25) is 0 Å². The predicted molar refractivity (Wildman–Crippen MR) is 118 cm³/mol. The predicted octanol–water partition coefficient (Wildman–Crippen LogP) is 4.34. The van der Waals surface area contributed by atoms with Gasteiger partial charge in [0, 0.05) is 43.9 Å². The molecular weight excluding hydrogens is 398 g/mol. The second-order valence-corrected chi connectivity index (χ2v) is 7.96. The maximum absolute atomic E-state index is 11.2. The van der Waals surface area contributed by atoms with Crippen LogP contribution >= 0.6 is 11.6 Å². The van der Waals surface area contributed by atoms with Crippen LogP contribution in [0.25, 0.3) is 0 Å². The fourth-order valence-corrected chi connectivity index (χ4v) is 4.23. The van der Waals surface area contributed by atoms with Gasteiger partial charge < -0.3 is 5.11 Å². The SMILES string of the molecule is O=C(O)c1ccnc(CN2CCN(C(c3ccccc3)c3cccc(Cl)c3)CC2)c1. The van der Waals surface area contributed by atoms with Gasteiger partial charge >= 0.3 is 5.97 Å². The standard InChI is InChI=1S/C24H24ClN3O2/c25-21-8-4-7-19(15-21)23(18-5-2-1-3-6-18)28-13-11-27(12-14-28)17-22-16-20(24(29)30)9-10-26-22/h1-10,15-16,23H,11-14,17H2,(H,29,30). The van der Waals surface area contributed by atoms with Crippen LogP contribution in [0.4, 0.5) is 0 Å². The molecule has 1 atom stereocenters. The molecule has 1 fully saturated rings. The van der Waals surface area contributed by atoms with Gasteiger partial charge in [0.05, 0.1) is 17.3 Å². The van der Waals surface area contributed by atoms with Gasteiger partial charge in [-0.2, -0.15) is 0 Å². The highest BCUT2D eigenvalue weighted by Crippen LogP contribution is 2.31. The number of carboxylic acid groups (broad SMARTS) is 1. The van der Waals surface area contributed by atoms with E-state index in [4.69, 9.17) is 11.6 Å². The Kier molecular flexibility index (Phi) is 6.43. The minimum atomic E-state index is -0.921. The van der Waals surface area contributed by atoms with Crippen LogP contribution in [-0.2, 0) is 6.54 Å². The Balaban J connectivity index is 1.48. The lowest BCUT2D eigenvalue weighted by molar-refractivity contribution is 0.0696. The summed E-state index contributed by atoms with van der Waals surface area (Å²) < 4.78 is 0. The number of hydrogen-bond donors (Lipinski definition) is 1. The van der Waals surface area contributed by atoms with Crippen molar-refractivity contribution in [1.29, 1.82) is 0 Å². The Bertz CT molecular complexity index is 1000. The van der Waals surface area contributed by atoms with Crippen molar-refractivity contribution in [3.05, 3.63) is 100 Å². The van der Waals surface area contributed by atoms with Gasteiger partial charge in [-0.25, -0.2) is 4.79 Å². The first-order valence-electron chi connectivity index (χ1n) is 10.1. The Hall–Kier alpha value is -2.73. The van der Waals surface area contributed by atoms with Crippen LogP contribution in [0.15, 0.2) is 72.9 Å².